The largest absolute Gasteiger partial charge is 0.382 e. The number of ketones is 2. The number of aliphatic hydroxyl groups is 2. The third-order valence-corrected chi connectivity index (χ3v) is 5.26. The molecule has 0 aromatic heterocycles. The van der Waals surface area contributed by atoms with Gasteiger partial charge in [0.15, 0.2) is 23.5 Å². The van der Waals surface area contributed by atoms with Crippen LogP contribution in [0.4, 0.5) is 0 Å². The van der Waals surface area contributed by atoms with E-state index in [9.17, 15) is 19.8 Å². The van der Waals surface area contributed by atoms with Gasteiger partial charge in [-0.1, -0.05) is 48.5 Å². The first-order valence-corrected chi connectivity index (χ1v) is 9.08. The lowest BCUT2D eigenvalue weighted by atomic mass is 9.81. The molecule has 0 aliphatic carbocycles. The Hall–Kier alpha value is -2.38. The van der Waals surface area contributed by atoms with Crippen LogP contribution in [0.3, 0.4) is 0 Å². The maximum Gasteiger partial charge on any atom is 0.197 e. The summed E-state index contributed by atoms with van der Waals surface area (Å²) >= 11 is 0. The SMILES string of the molecule is CO[C@@H]1C[C@@](O)(C(=O)c2ccccc2C)[C@@H]([C@H](O)C(=O)c2ccccc2C)O1. The highest BCUT2D eigenvalue weighted by atomic mass is 16.7. The second-order valence-electron chi connectivity index (χ2n) is 7.12. The first-order valence-electron chi connectivity index (χ1n) is 9.08. The van der Waals surface area contributed by atoms with E-state index in [1.165, 1.54) is 7.11 Å². The van der Waals surface area contributed by atoms with Crippen LogP contribution in [-0.4, -0.2) is 53.0 Å². The highest BCUT2D eigenvalue weighted by Gasteiger charge is 2.57. The van der Waals surface area contributed by atoms with Crippen molar-refractivity contribution in [1.82, 2.24) is 0 Å². The Bertz CT molecular complexity index is 892. The fourth-order valence-electron chi connectivity index (χ4n) is 3.60. The van der Waals surface area contributed by atoms with Crippen LogP contribution in [0.5, 0.6) is 0 Å². The van der Waals surface area contributed by atoms with Crippen molar-refractivity contribution < 1.29 is 29.3 Å². The van der Waals surface area contributed by atoms with Gasteiger partial charge in [0.05, 0.1) is 0 Å². The summed E-state index contributed by atoms with van der Waals surface area (Å²) in [4.78, 5) is 26.1. The maximum absolute atomic E-state index is 13.2. The molecule has 2 aromatic carbocycles. The Morgan fingerprint density at radius 2 is 1.61 bits per heavy atom. The van der Waals surface area contributed by atoms with Gasteiger partial charge in [0, 0.05) is 24.7 Å². The van der Waals surface area contributed by atoms with Crippen LogP contribution >= 0.6 is 0 Å². The number of benzene rings is 2. The molecule has 2 aromatic rings. The molecule has 1 heterocycles. The number of carbonyl (C=O) groups is 2. The fraction of sp³-hybridized carbons (Fsp3) is 0.364. The Balaban J connectivity index is 1.98. The van der Waals surface area contributed by atoms with E-state index in [1.807, 2.05) is 0 Å². The Labute approximate surface area is 163 Å². The van der Waals surface area contributed by atoms with E-state index in [4.69, 9.17) is 9.47 Å². The predicted molar refractivity (Wildman–Crippen MR) is 102 cm³/mol. The summed E-state index contributed by atoms with van der Waals surface area (Å²) < 4.78 is 10.7. The summed E-state index contributed by atoms with van der Waals surface area (Å²) in [5.74, 6) is -1.22. The number of Topliss-reactive ketones (excluding diaryl/α,β-unsaturated/α-hetero) is 2. The van der Waals surface area contributed by atoms with Crippen molar-refractivity contribution in [3.05, 3.63) is 70.8 Å². The summed E-state index contributed by atoms with van der Waals surface area (Å²) in [6.07, 6.45) is -4.27. The number of hydrogen-bond acceptors (Lipinski definition) is 6. The molecule has 0 saturated carbocycles. The molecule has 0 amide bonds. The summed E-state index contributed by atoms with van der Waals surface area (Å²) in [5, 5.41) is 22.0. The molecule has 6 heteroatoms. The lowest BCUT2D eigenvalue weighted by molar-refractivity contribution is -0.143. The molecule has 28 heavy (non-hydrogen) atoms. The molecule has 1 fully saturated rings. The van der Waals surface area contributed by atoms with E-state index >= 15 is 0 Å². The van der Waals surface area contributed by atoms with Crippen molar-refractivity contribution in [3.8, 4) is 0 Å². The number of carbonyl (C=O) groups excluding carboxylic acids is 2. The Morgan fingerprint density at radius 1 is 1.07 bits per heavy atom. The highest BCUT2D eigenvalue weighted by molar-refractivity contribution is 6.06. The van der Waals surface area contributed by atoms with Gasteiger partial charge in [-0.3, -0.25) is 9.59 Å². The van der Waals surface area contributed by atoms with Crippen LogP contribution in [0, 0.1) is 13.8 Å². The van der Waals surface area contributed by atoms with Gasteiger partial charge < -0.3 is 19.7 Å². The van der Waals surface area contributed by atoms with E-state index in [2.05, 4.69) is 0 Å². The van der Waals surface area contributed by atoms with Crippen LogP contribution in [0.25, 0.3) is 0 Å². The molecule has 1 aliphatic heterocycles. The molecule has 0 bridgehead atoms. The zero-order chi connectivity index (χ0) is 20.5. The van der Waals surface area contributed by atoms with Crippen LogP contribution in [0.15, 0.2) is 48.5 Å². The van der Waals surface area contributed by atoms with Gasteiger partial charge in [-0.2, -0.15) is 0 Å². The fourth-order valence-corrected chi connectivity index (χ4v) is 3.60. The number of aryl methyl sites for hydroxylation is 2. The molecule has 0 unspecified atom stereocenters. The van der Waals surface area contributed by atoms with E-state index in [0.29, 0.717) is 22.3 Å². The van der Waals surface area contributed by atoms with Gasteiger partial charge in [0.25, 0.3) is 0 Å². The third-order valence-electron chi connectivity index (χ3n) is 5.26. The normalized spacial score (nSPS) is 25.5. The van der Waals surface area contributed by atoms with Crippen LogP contribution < -0.4 is 0 Å². The van der Waals surface area contributed by atoms with Gasteiger partial charge in [0.2, 0.25) is 0 Å². The quantitative estimate of drug-likeness (QED) is 0.742. The van der Waals surface area contributed by atoms with Crippen molar-refractivity contribution >= 4 is 11.6 Å². The molecular weight excluding hydrogens is 360 g/mol. The topological polar surface area (TPSA) is 93.1 Å². The molecule has 1 saturated heterocycles. The molecule has 148 valence electrons. The minimum Gasteiger partial charge on any atom is -0.382 e. The number of hydrogen-bond donors (Lipinski definition) is 2. The number of rotatable bonds is 6. The maximum atomic E-state index is 13.2. The second-order valence-corrected chi connectivity index (χ2v) is 7.12. The van der Waals surface area contributed by atoms with Crippen LogP contribution in [-0.2, 0) is 9.47 Å². The molecule has 3 rings (SSSR count). The van der Waals surface area contributed by atoms with E-state index in [1.54, 1.807) is 62.4 Å². The average Bonchev–Trinajstić information content (AvgIpc) is 3.05. The van der Waals surface area contributed by atoms with Crippen LogP contribution in [0.1, 0.15) is 38.3 Å². The molecule has 1 aliphatic rings. The minimum atomic E-state index is -2.09. The van der Waals surface area contributed by atoms with Gasteiger partial charge in [-0.25, -0.2) is 0 Å². The van der Waals surface area contributed by atoms with E-state index < -0.39 is 35.7 Å². The first-order chi connectivity index (χ1) is 13.3. The summed E-state index contributed by atoms with van der Waals surface area (Å²) in [5.41, 5.74) is -0.109. The lowest BCUT2D eigenvalue weighted by Gasteiger charge is -2.30. The van der Waals surface area contributed by atoms with Gasteiger partial charge in [-0.15, -0.1) is 0 Å². The van der Waals surface area contributed by atoms with Crippen molar-refractivity contribution in [2.24, 2.45) is 0 Å². The summed E-state index contributed by atoms with van der Waals surface area (Å²) in [7, 11) is 1.38. The summed E-state index contributed by atoms with van der Waals surface area (Å²) in [6, 6.07) is 13.6. The molecule has 0 spiro atoms. The van der Waals surface area contributed by atoms with Crippen molar-refractivity contribution in [3.63, 3.8) is 0 Å². The third kappa shape index (κ3) is 3.52. The average molecular weight is 384 g/mol. The molecule has 2 N–H and O–H groups in total. The van der Waals surface area contributed by atoms with Crippen molar-refractivity contribution in [2.75, 3.05) is 7.11 Å². The van der Waals surface area contributed by atoms with Crippen LogP contribution in [0.2, 0.25) is 0 Å². The van der Waals surface area contributed by atoms with E-state index in [0.717, 1.165) is 0 Å². The highest BCUT2D eigenvalue weighted by Crippen LogP contribution is 2.37. The first kappa shape index (κ1) is 20.4. The predicted octanol–water partition coefficient (Wildman–Crippen LogP) is 2.22. The van der Waals surface area contributed by atoms with Crippen molar-refractivity contribution in [1.29, 1.82) is 0 Å². The smallest absolute Gasteiger partial charge is 0.197 e. The monoisotopic (exact) mass is 384 g/mol. The molecule has 4 atom stereocenters. The Kier molecular flexibility index (Phi) is 5.76. The summed E-state index contributed by atoms with van der Waals surface area (Å²) in [6.45, 7) is 3.50. The van der Waals surface area contributed by atoms with Crippen molar-refractivity contribution in [2.45, 2.75) is 44.4 Å². The van der Waals surface area contributed by atoms with E-state index in [-0.39, 0.29) is 6.42 Å². The van der Waals surface area contributed by atoms with Gasteiger partial charge in [-0.05, 0) is 25.0 Å². The number of ether oxygens (including phenoxy) is 2. The lowest BCUT2D eigenvalue weighted by Crippen LogP contribution is -2.54. The molecule has 0 radical (unpaired) electrons. The number of aliphatic hydroxyl groups excluding tert-OH is 1. The Morgan fingerprint density at radius 3 is 2.14 bits per heavy atom. The zero-order valence-corrected chi connectivity index (χ0v) is 16.1. The molecule has 6 nitrogen and oxygen atoms in total. The minimum absolute atomic E-state index is 0.181. The number of methoxy groups -OCH3 is 1. The standard InChI is InChI=1S/C22H24O6/c1-13-8-4-6-10-15(13)18(23)19(24)21-22(26,12-17(27-3)28-21)20(25)16-11-7-5-9-14(16)2/h4-11,17,19,21,24,26H,12H2,1-3H3/t17-,19+,21+,22+/m0/s1. The van der Waals surface area contributed by atoms with Gasteiger partial charge in [0.1, 0.15) is 12.2 Å². The zero-order valence-electron chi connectivity index (χ0n) is 16.1. The second kappa shape index (κ2) is 7.93. The molecular formula is C22H24O6. The van der Waals surface area contributed by atoms with Gasteiger partial charge >= 0.3 is 0 Å².